The Morgan fingerprint density at radius 1 is 1.12 bits per heavy atom. The molecule has 5 nitrogen and oxygen atoms in total. The highest BCUT2D eigenvalue weighted by Gasteiger charge is 2.57. The third-order valence-electron chi connectivity index (χ3n) is 5.75. The molecule has 0 saturated carbocycles. The third-order valence-corrected chi connectivity index (χ3v) is 5.75. The number of carbonyl (C=O) groups excluding carboxylic acids is 1. The van der Waals surface area contributed by atoms with Crippen molar-refractivity contribution in [3.8, 4) is 0 Å². The minimum Gasteiger partial charge on any atom is -0.447 e. The lowest BCUT2D eigenvalue weighted by Crippen LogP contribution is -2.50. The molecule has 0 radical (unpaired) electrons. The first-order valence-corrected chi connectivity index (χ1v) is 9.48. The SMILES string of the molecule is CC(C)C[C@H](B1OC(C)(C)C(C)(C)O1)N1C(=O)OC[C@H]1c1ccccc1. The van der Waals surface area contributed by atoms with Crippen LogP contribution in [0.25, 0.3) is 0 Å². The average Bonchev–Trinajstić information content (AvgIpc) is 3.03. The lowest BCUT2D eigenvalue weighted by atomic mass is 9.72. The van der Waals surface area contributed by atoms with Crippen LogP contribution in [0.15, 0.2) is 30.3 Å². The van der Waals surface area contributed by atoms with Crippen molar-refractivity contribution >= 4 is 13.2 Å². The summed E-state index contributed by atoms with van der Waals surface area (Å²) in [5.41, 5.74) is 0.209. The van der Waals surface area contributed by atoms with Crippen LogP contribution in [0.5, 0.6) is 0 Å². The molecule has 0 aliphatic carbocycles. The van der Waals surface area contributed by atoms with E-state index in [0.717, 1.165) is 12.0 Å². The molecule has 3 rings (SSSR count). The van der Waals surface area contributed by atoms with Gasteiger partial charge < -0.3 is 14.0 Å². The largest absolute Gasteiger partial charge is 0.482 e. The van der Waals surface area contributed by atoms with Crippen molar-refractivity contribution in [2.75, 3.05) is 6.61 Å². The van der Waals surface area contributed by atoms with E-state index in [1.807, 2.05) is 62.9 Å². The van der Waals surface area contributed by atoms with E-state index in [0.29, 0.717) is 12.5 Å². The Kier molecular flexibility index (Phi) is 5.10. The maximum atomic E-state index is 12.7. The van der Waals surface area contributed by atoms with Gasteiger partial charge in [-0.2, -0.15) is 0 Å². The summed E-state index contributed by atoms with van der Waals surface area (Å²) < 4.78 is 18.0. The minimum absolute atomic E-state index is 0.119. The lowest BCUT2D eigenvalue weighted by molar-refractivity contribution is 0.00578. The van der Waals surface area contributed by atoms with Gasteiger partial charge >= 0.3 is 13.2 Å². The van der Waals surface area contributed by atoms with Gasteiger partial charge in [0.2, 0.25) is 0 Å². The van der Waals surface area contributed by atoms with Gasteiger partial charge in [0.25, 0.3) is 0 Å². The maximum absolute atomic E-state index is 12.7. The van der Waals surface area contributed by atoms with Crippen molar-refractivity contribution in [3.05, 3.63) is 35.9 Å². The summed E-state index contributed by atoms with van der Waals surface area (Å²) in [7, 11) is -0.473. The fourth-order valence-corrected chi connectivity index (χ4v) is 3.62. The lowest BCUT2D eigenvalue weighted by Gasteiger charge is -2.33. The van der Waals surface area contributed by atoms with Crippen LogP contribution in [0.4, 0.5) is 4.79 Å². The van der Waals surface area contributed by atoms with E-state index in [1.165, 1.54) is 0 Å². The van der Waals surface area contributed by atoms with Crippen LogP contribution in [0.1, 0.15) is 59.6 Å². The van der Waals surface area contributed by atoms with E-state index < -0.39 is 18.3 Å². The molecule has 2 fully saturated rings. The summed E-state index contributed by atoms with van der Waals surface area (Å²) in [6.45, 7) is 12.8. The quantitative estimate of drug-likeness (QED) is 0.739. The Labute approximate surface area is 157 Å². The highest BCUT2D eigenvalue weighted by atomic mass is 16.7. The predicted octanol–water partition coefficient (Wildman–Crippen LogP) is 4.23. The van der Waals surface area contributed by atoms with Crippen molar-refractivity contribution in [2.24, 2.45) is 5.92 Å². The van der Waals surface area contributed by atoms with E-state index in [4.69, 9.17) is 14.0 Å². The zero-order valence-corrected chi connectivity index (χ0v) is 16.7. The topological polar surface area (TPSA) is 48.0 Å². The second kappa shape index (κ2) is 6.89. The fraction of sp³-hybridized carbons (Fsp3) is 0.650. The van der Waals surface area contributed by atoms with E-state index >= 15 is 0 Å². The predicted molar refractivity (Wildman–Crippen MR) is 102 cm³/mol. The number of cyclic esters (lactones) is 1. The van der Waals surface area contributed by atoms with Crippen molar-refractivity contribution in [1.29, 1.82) is 0 Å². The first-order valence-electron chi connectivity index (χ1n) is 9.48. The zero-order valence-electron chi connectivity index (χ0n) is 16.7. The smallest absolute Gasteiger partial charge is 0.447 e. The molecule has 1 amide bonds. The van der Waals surface area contributed by atoms with Gasteiger partial charge in [-0.05, 0) is 45.6 Å². The second-order valence-electron chi connectivity index (χ2n) is 8.73. The fourth-order valence-electron chi connectivity index (χ4n) is 3.62. The van der Waals surface area contributed by atoms with Crippen molar-refractivity contribution < 1.29 is 18.8 Å². The number of hydrogen-bond acceptors (Lipinski definition) is 4. The van der Waals surface area contributed by atoms with Crippen LogP contribution in [0.3, 0.4) is 0 Å². The molecule has 1 aromatic rings. The molecule has 1 aromatic carbocycles. The minimum atomic E-state index is -0.473. The molecule has 2 heterocycles. The second-order valence-corrected chi connectivity index (χ2v) is 8.73. The summed E-state index contributed by atoms with van der Waals surface area (Å²) in [5, 5.41) is 0. The molecule has 0 spiro atoms. The van der Waals surface area contributed by atoms with Gasteiger partial charge in [0, 0.05) is 0 Å². The van der Waals surface area contributed by atoms with Gasteiger partial charge in [0.15, 0.2) is 0 Å². The van der Waals surface area contributed by atoms with Crippen LogP contribution in [-0.2, 0) is 14.0 Å². The number of ether oxygens (including phenoxy) is 1. The third kappa shape index (κ3) is 3.49. The monoisotopic (exact) mass is 359 g/mol. The Hall–Kier alpha value is -1.53. The van der Waals surface area contributed by atoms with Crippen molar-refractivity contribution in [2.45, 2.75) is 71.1 Å². The van der Waals surface area contributed by atoms with E-state index in [-0.39, 0.29) is 18.1 Å². The normalized spacial score (nSPS) is 25.7. The first kappa shape index (κ1) is 19.2. The number of rotatable bonds is 5. The van der Waals surface area contributed by atoms with Crippen LogP contribution >= 0.6 is 0 Å². The zero-order chi connectivity index (χ0) is 19.1. The van der Waals surface area contributed by atoms with Crippen LogP contribution in [0.2, 0.25) is 0 Å². The Bertz CT molecular complexity index is 630. The molecule has 2 atom stereocenters. The molecule has 142 valence electrons. The highest BCUT2D eigenvalue weighted by Crippen LogP contribution is 2.41. The van der Waals surface area contributed by atoms with Crippen LogP contribution in [-0.4, -0.2) is 41.9 Å². The summed E-state index contributed by atoms with van der Waals surface area (Å²) in [4.78, 5) is 14.5. The number of carbonyl (C=O) groups is 1. The molecule has 2 aliphatic heterocycles. The van der Waals surface area contributed by atoms with Gasteiger partial charge in [0.1, 0.15) is 6.61 Å². The number of hydrogen-bond donors (Lipinski definition) is 0. The van der Waals surface area contributed by atoms with E-state index in [2.05, 4.69) is 13.8 Å². The number of benzene rings is 1. The van der Waals surface area contributed by atoms with Crippen molar-refractivity contribution in [1.82, 2.24) is 4.90 Å². The Balaban J connectivity index is 1.93. The molecule has 0 aromatic heterocycles. The summed E-state index contributed by atoms with van der Waals surface area (Å²) in [5.74, 6) is 0.195. The van der Waals surface area contributed by atoms with Gasteiger partial charge in [0.05, 0.1) is 23.2 Å². The highest BCUT2D eigenvalue weighted by molar-refractivity contribution is 6.48. The average molecular weight is 359 g/mol. The summed E-state index contributed by atoms with van der Waals surface area (Å²) >= 11 is 0. The van der Waals surface area contributed by atoms with Crippen LogP contribution in [0, 0.1) is 5.92 Å². The molecular formula is C20H30BNO4. The molecule has 0 bridgehead atoms. The Morgan fingerprint density at radius 3 is 2.23 bits per heavy atom. The molecule has 0 N–H and O–H groups in total. The number of nitrogens with zero attached hydrogens (tertiary/aromatic N) is 1. The molecule has 26 heavy (non-hydrogen) atoms. The summed E-state index contributed by atoms with van der Waals surface area (Å²) in [6.07, 6.45) is 0.495. The molecule has 2 aliphatic rings. The molecular weight excluding hydrogens is 329 g/mol. The summed E-state index contributed by atoms with van der Waals surface area (Å²) in [6, 6.07) is 9.91. The molecule has 6 heteroatoms. The molecule has 2 saturated heterocycles. The maximum Gasteiger partial charge on any atom is 0.482 e. The van der Waals surface area contributed by atoms with Gasteiger partial charge in [-0.25, -0.2) is 4.79 Å². The van der Waals surface area contributed by atoms with Crippen molar-refractivity contribution in [3.63, 3.8) is 0 Å². The number of amides is 1. The van der Waals surface area contributed by atoms with Gasteiger partial charge in [-0.3, -0.25) is 4.90 Å². The van der Waals surface area contributed by atoms with E-state index in [9.17, 15) is 4.79 Å². The molecule has 0 unspecified atom stereocenters. The van der Waals surface area contributed by atoms with Gasteiger partial charge in [-0.1, -0.05) is 44.2 Å². The van der Waals surface area contributed by atoms with Crippen LogP contribution < -0.4 is 0 Å². The van der Waals surface area contributed by atoms with E-state index in [1.54, 1.807) is 0 Å². The van der Waals surface area contributed by atoms with Gasteiger partial charge in [-0.15, -0.1) is 0 Å². The standard InChI is InChI=1S/C20H30BNO4/c1-14(2)12-17(21-25-19(3,4)20(5,6)26-21)22-16(13-24-18(22)23)15-10-8-7-9-11-15/h7-11,14,16-17H,12-13H2,1-6H3/t16-,17+/m0/s1. The first-order chi connectivity index (χ1) is 12.1. The Morgan fingerprint density at radius 2 is 1.69 bits per heavy atom.